The van der Waals surface area contributed by atoms with Crippen LogP contribution in [0.2, 0.25) is 0 Å². The van der Waals surface area contributed by atoms with Crippen molar-refractivity contribution in [1.29, 1.82) is 0 Å². The molecular weight excluding hydrogens is 420 g/mol. The van der Waals surface area contributed by atoms with Crippen molar-refractivity contribution in [3.8, 4) is 0 Å². The summed E-state index contributed by atoms with van der Waals surface area (Å²) in [7, 11) is 0. The smallest absolute Gasteiger partial charge is 0.312 e. The number of ether oxygens (including phenoxy) is 4. The Morgan fingerprint density at radius 1 is 0.909 bits per heavy atom. The monoisotopic (exact) mass is 462 g/mol. The first-order chi connectivity index (χ1) is 15.7. The summed E-state index contributed by atoms with van der Waals surface area (Å²) in [6.07, 6.45) is 11.9. The molecule has 1 heterocycles. The molecule has 0 aromatic carbocycles. The quantitative estimate of drug-likeness (QED) is 0.507. The van der Waals surface area contributed by atoms with Gasteiger partial charge in [-0.25, -0.2) is 0 Å². The van der Waals surface area contributed by atoms with Crippen LogP contribution >= 0.6 is 0 Å². The molecule has 0 aromatic rings. The normalized spacial score (nSPS) is 36.5. The van der Waals surface area contributed by atoms with Crippen molar-refractivity contribution < 1.29 is 28.5 Å². The second-order valence-electron chi connectivity index (χ2n) is 12.4. The van der Waals surface area contributed by atoms with Gasteiger partial charge in [-0.3, -0.25) is 9.59 Å². The van der Waals surface area contributed by atoms with E-state index in [-0.39, 0.29) is 37.7 Å². The third-order valence-electron chi connectivity index (χ3n) is 9.43. The Bertz CT molecular complexity index is 714. The van der Waals surface area contributed by atoms with Crippen molar-refractivity contribution in [3.05, 3.63) is 0 Å². The van der Waals surface area contributed by atoms with Gasteiger partial charge in [-0.15, -0.1) is 0 Å². The van der Waals surface area contributed by atoms with E-state index in [1.807, 2.05) is 20.8 Å². The van der Waals surface area contributed by atoms with Crippen molar-refractivity contribution in [2.45, 2.75) is 115 Å². The zero-order valence-corrected chi connectivity index (χ0v) is 20.7. The summed E-state index contributed by atoms with van der Waals surface area (Å²) < 4.78 is 24.7. The van der Waals surface area contributed by atoms with Gasteiger partial charge in [0.05, 0.1) is 25.0 Å². The lowest BCUT2D eigenvalue weighted by atomic mass is 9.55. The van der Waals surface area contributed by atoms with Crippen LogP contribution in [0.4, 0.5) is 0 Å². The van der Waals surface area contributed by atoms with Crippen LogP contribution < -0.4 is 0 Å². The predicted octanol–water partition coefficient (Wildman–Crippen LogP) is 5.17. The minimum atomic E-state index is -1.12. The molecule has 6 fully saturated rings. The van der Waals surface area contributed by atoms with Crippen LogP contribution in [0.1, 0.15) is 97.8 Å². The molecule has 1 saturated heterocycles. The van der Waals surface area contributed by atoms with Gasteiger partial charge in [0.15, 0.2) is 11.4 Å². The van der Waals surface area contributed by atoms with Gasteiger partial charge in [-0.1, -0.05) is 13.3 Å². The minimum Gasteiger partial charge on any atom is -0.462 e. The van der Waals surface area contributed by atoms with Crippen LogP contribution in [0.25, 0.3) is 0 Å². The van der Waals surface area contributed by atoms with E-state index in [0.717, 1.165) is 37.5 Å². The van der Waals surface area contributed by atoms with E-state index in [1.54, 1.807) is 0 Å². The maximum absolute atomic E-state index is 13.3. The molecule has 1 aliphatic heterocycles. The van der Waals surface area contributed by atoms with Crippen LogP contribution in [0.3, 0.4) is 0 Å². The van der Waals surface area contributed by atoms with Gasteiger partial charge in [0.2, 0.25) is 0 Å². The molecule has 4 bridgehead atoms. The van der Waals surface area contributed by atoms with Crippen LogP contribution in [0, 0.1) is 29.1 Å². The summed E-state index contributed by atoms with van der Waals surface area (Å²) in [5.74, 6) is 1.51. The first-order valence-corrected chi connectivity index (χ1v) is 13.4. The maximum Gasteiger partial charge on any atom is 0.312 e. The lowest BCUT2D eigenvalue weighted by molar-refractivity contribution is -0.330. The fourth-order valence-corrected chi connectivity index (χ4v) is 7.19. The lowest BCUT2D eigenvalue weighted by Gasteiger charge is -2.53. The van der Waals surface area contributed by atoms with E-state index < -0.39 is 16.8 Å². The molecule has 33 heavy (non-hydrogen) atoms. The maximum atomic E-state index is 13.3. The number of carbonyl (C=O) groups is 2. The third-order valence-corrected chi connectivity index (χ3v) is 9.43. The molecule has 6 heteroatoms. The third kappa shape index (κ3) is 4.71. The van der Waals surface area contributed by atoms with Crippen molar-refractivity contribution in [1.82, 2.24) is 0 Å². The fourth-order valence-electron chi connectivity index (χ4n) is 7.19. The Morgan fingerprint density at radius 2 is 1.48 bits per heavy atom. The fraction of sp³-hybridized carbons (Fsp3) is 0.926. The molecular formula is C27H42O6. The number of carbonyl (C=O) groups excluding carboxylic acids is 2. The Morgan fingerprint density at radius 3 is 2.03 bits per heavy atom. The van der Waals surface area contributed by atoms with Gasteiger partial charge in [0, 0.05) is 12.8 Å². The molecule has 5 saturated carbocycles. The predicted molar refractivity (Wildman–Crippen MR) is 122 cm³/mol. The Labute approximate surface area is 198 Å². The van der Waals surface area contributed by atoms with E-state index >= 15 is 0 Å². The number of rotatable bonds is 6. The molecule has 0 aromatic heterocycles. The Hall–Kier alpha value is -1.14. The van der Waals surface area contributed by atoms with Crippen LogP contribution in [-0.4, -0.2) is 42.6 Å². The summed E-state index contributed by atoms with van der Waals surface area (Å²) in [4.78, 5) is 26.3. The standard InChI is InChI=1S/C27H42O6/c1-4-25(2,3)24(29)33-26(16-30-27(31-17-26)8-6-5-7-9-27)15-22(28)32-23-20-11-18-10-19(13-20)14-21(23)12-18/h18-21,23H,4-17H2,1-3H3. The summed E-state index contributed by atoms with van der Waals surface area (Å²) in [5.41, 5.74) is -1.74. The summed E-state index contributed by atoms with van der Waals surface area (Å²) in [5, 5.41) is 0. The van der Waals surface area contributed by atoms with Gasteiger partial charge in [-0.05, 0) is 88.9 Å². The summed E-state index contributed by atoms with van der Waals surface area (Å²) in [6, 6.07) is 0. The first-order valence-electron chi connectivity index (χ1n) is 13.4. The Kier molecular flexibility index (Phi) is 6.30. The molecule has 6 nitrogen and oxygen atoms in total. The zero-order chi connectivity index (χ0) is 23.3. The van der Waals surface area contributed by atoms with Crippen LogP contribution in [-0.2, 0) is 28.5 Å². The largest absolute Gasteiger partial charge is 0.462 e. The second kappa shape index (κ2) is 8.82. The highest BCUT2D eigenvalue weighted by molar-refractivity contribution is 5.77. The molecule has 0 atom stereocenters. The summed E-state index contributed by atoms with van der Waals surface area (Å²) in [6.45, 7) is 6.11. The Balaban J connectivity index is 1.27. The molecule has 5 aliphatic carbocycles. The molecule has 6 rings (SSSR count). The van der Waals surface area contributed by atoms with Crippen LogP contribution in [0.5, 0.6) is 0 Å². The number of esters is 2. The van der Waals surface area contributed by atoms with Gasteiger partial charge in [0.25, 0.3) is 0 Å². The second-order valence-corrected chi connectivity index (χ2v) is 12.4. The highest BCUT2D eigenvalue weighted by Gasteiger charge is 2.53. The molecule has 0 amide bonds. The average molecular weight is 463 g/mol. The van der Waals surface area contributed by atoms with Gasteiger partial charge >= 0.3 is 11.9 Å². The van der Waals surface area contributed by atoms with Crippen molar-refractivity contribution in [2.75, 3.05) is 13.2 Å². The molecule has 186 valence electrons. The van der Waals surface area contributed by atoms with Gasteiger partial charge < -0.3 is 18.9 Å². The van der Waals surface area contributed by atoms with E-state index in [2.05, 4.69) is 0 Å². The van der Waals surface area contributed by atoms with E-state index in [9.17, 15) is 9.59 Å². The molecule has 0 radical (unpaired) electrons. The summed E-state index contributed by atoms with van der Waals surface area (Å²) >= 11 is 0. The highest BCUT2D eigenvalue weighted by atomic mass is 16.7. The molecule has 0 unspecified atom stereocenters. The average Bonchev–Trinajstić information content (AvgIpc) is 2.78. The van der Waals surface area contributed by atoms with Crippen molar-refractivity contribution in [2.24, 2.45) is 29.1 Å². The van der Waals surface area contributed by atoms with E-state index in [4.69, 9.17) is 18.9 Å². The molecule has 6 aliphatic rings. The van der Waals surface area contributed by atoms with Crippen molar-refractivity contribution >= 4 is 11.9 Å². The first kappa shape index (κ1) is 23.6. The molecule has 1 spiro atoms. The number of hydrogen-bond donors (Lipinski definition) is 0. The SMILES string of the molecule is CCC(C)(C)C(=O)OC1(CC(=O)OC2C3CC4CC(C3)CC2C4)COC2(CCCCC2)OC1. The van der Waals surface area contributed by atoms with Gasteiger partial charge in [0.1, 0.15) is 6.10 Å². The minimum absolute atomic E-state index is 0.00257. The topological polar surface area (TPSA) is 71.1 Å². The van der Waals surface area contributed by atoms with Crippen LogP contribution in [0.15, 0.2) is 0 Å². The van der Waals surface area contributed by atoms with E-state index in [0.29, 0.717) is 18.3 Å². The lowest BCUT2D eigenvalue weighted by Crippen LogP contribution is -2.58. The van der Waals surface area contributed by atoms with Crippen molar-refractivity contribution in [3.63, 3.8) is 0 Å². The molecule has 0 N–H and O–H groups in total. The highest BCUT2D eigenvalue weighted by Crippen LogP contribution is 2.54. The zero-order valence-electron chi connectivity index (χ0n) is 20.7. The van der Waals surface area contributed by atoms with E-state index in [1.165, 1.54) is 38.5 Å². The van der Waals surface area contributed by atoms with Gasteiger partial charge in [-0.2, -0.15) is 0 Å². The number of hydrogen-bond acceptors (Lipinski definition) is 6.